The molecule has 0 spiro atoms. The van der Waals surface area contributed by atoms with Crippen molar-refractivity contribution in [2.24, 2.45) is 5.92 Å². The van der Waals surface area contributed by atoms with Crippen LogP contribution < -0.4 is 5.32 Å². The molecule has 19 heavy (non-hydrogen) atoms. The van der Waals surface area contributed by atoms with E-state index < -0.39 is 11.5 Å². The van der Waals surface area contributed by atoms with E-state index in [1.807, 2.05) is 13.8 Å². The molecule has 0 aliphatic heterocycles. The molecule has 1 saturated carbocycles. The average Bonchev–Trinajstić information content (AvgIpc) is 2.35. The highest BCUT2D eigenvalue weighted by molar-refractivity contribution is 5.76. The van der Waals surface area contributed by atoms with Gasteiger partial charge < -0.3 is 10.4 Å². The Hall–Kier alpha value is -1.06. The summed E-state index contributed by atoms with van der Waals surface area (Å²) in [6.07, 6.45) is 8.57. The highest BCUT2D eigenvalue weighted by Crippen LogP contribution is 2.27. The first-order valence-corrected chi connectivity index (χ1v) is 7.42. The third kappa shape index (κ3) is 7.19. The van der Waals surface area contributed by atoms with E-state index in [4.69, 9.17) is 5.11 Å². The predicted molar refractivity (Wildman–Crippen MR) is 74.9 cm³/mol. The van der Waals surface area contributed by atoms with Gasteiger partial charge in [0, 0.05) is 18.4 Å². The summed E-state index contributed by atoms with van der Waals surface area (Å²) >= 11 is 0. The van der Waals surface area contributed by atoms with Crippen LogP contribution in [0.4, 0.5) is 0 Å². The van der Waals surface area contributed by atoms with E-state index in [9.17, 15) is 9.59 Å². The topological polar surface area (TPSA) is 66.4 Å². The van der Waals surface area contributed by atoms with Gasteiger partial charge >= 0.3 is 5.97 Å². The summed E-state index contributed by atoms with van der Waals surface area (Å²) in [7, 11) is 0. The summed E-state index contributed by atoms with van der Waals surface area (Å²) < 4.78 is 0. The van der Waals surface area contributed by atoms with Crippen LogP contribution in [0, 0.1) is 5.92 Å². The second-order valence-corrected chi connectivity index (χ2v) is 6.37. The number of carboxylic acid groups (broad SMARTS) is 1. The van der Waals surface area contributed by atoms with Crippen LogP contribution in [-0.2, 0) is 9.59 Å². The lowest BCUT2D eigenvalue weighted by atomic mass is 9.86. The highest BCUT2D eigenvalue weighted by Gasteiger charge is 2.22. The lowest BCUT2D eigenvalue weighted by Gasteiger charge is -2.26. The number of nitrogens with one attached hydrogen (secondary N) is 1. The Labute approximate surface area is 116 Å². The maximum Gasteiger partial charge on any atom is 0.303 e. The van der Waals surface area contributed by atoms with Gasteiger partial charge in [0.2, 0.25) is 5.91 Å². The maximum absolute atomic E-state index is 11.9. The molecule has 0 bridgehead atoms. The van der Waals surface area contributed by atoms with Crippen LogP contribution in [0.3, 0.4) is 0 Å². The fraction of sp³-hybridized carbons (Fsp3) is 0.867. The Morgan fingerprint density at radius 1 is 1.16 bits per heavy atom. The Morgan fingerprint density at radius 3 is 2.37 bits per heavy atom. The number of aliphatic carboxylic acids is 1. The van der Waals surface area contributed by atoms with Gasteiger partial charge in [-0.05, 0) is 32.6 Å². The second kappa shape index (κ2) is 7.51. The highest BCUT2D eigenvalue weighted by atomic mass is 16.4. The number of amides is 1. The zero-order chi connectivity index (χ0) is 14.3. The van der Waals surface area contributed by atoms with Gasteiger partial charge in [0.05, 0.1) is 0 Å². The van der Waals surface area contributed by atoms with Gasteiger partial charge in [-0.1, -0.05) is 32.1 Å². The number of carbonyl (C=O) groups is 2. The summed E-state index contributed by atoms with van der Waals surface area (Å²) in [5.41, 5.74) is -0.429. The van der Waals surface area contributed by atoms with E-state index in [1.165, 1.54) is 32.1 Å². The minimum atomic E-state index is -0.815. The monoisotopic (exact) mass is 269 g/mol. The number of rotatable bonds is 7. The van der Waals surface area contributed by atoms with E-state index in [1.54, 1.807) is 0 Å². The predicted octanol–water partition coefficient (Wildman–Crippen LogP) is 3.11. The van der Waals surface area contributed by atoms with E-state index in [0.717, 1.165) is 6.42 Å². The molecule has 0 saturated heterocycles. The first kappa shape index (κ1) is 16.0. The van der Waals surface area contributed by atoms with Gasteiger partial charge in [0.1, 0.15) is 0 Å². The van der Waals surface area contributed by atoms with E-state index in [2.05, 4.69) is 5.32 Å². The molecule has 4 nitrogen and oxygen atoms in total. The molecule has 1 aliphatic rings. The van der Waals surface area contributed by atoms with Crippen LogP contribution in [0.2, 0.25) is 0 Å². The van der Waals surface area contributed by atoms with Crippen molar-refractivity contribution >= 4 is 11.9 Å². The zero-order valence-electron chi connectivity index (χ0n) is 12.2. The van der Waals surface area contributed by atoms with Crippen molar-refractivity contribution in [1.82, 2.24) is 5.32 Å². The van der Waals surface area contributed by atoms with Crippen LogP contribution in [-0.4, -0.2) is 22.5 Å². The number of hydrogen-bond donors (Lipinski definition) is 2. The normalized spacial score (nSPS) is 17.2. The molecular formula is C15H27NO3. The van der Waals surface area contributed by atoms with Gasteiger partial charge in [-0.15, -0.1) is 0 Å². The van der Waals surface area contributed by atoms with Gasteiger partial charge in [0.25, 0.3) is 0 Å². The van der Waals surface area contributed by atoms with Crippen LogP contribution in [0.25, 0.3) is 0 Å². The maximum atomic E-state index is 11.9. The summed E-state index contributed by atoms with van der Waals surface area (Å²) in [4.78, 5) is 22.4. The molecule has 1 rings (SSSR count). The molecule has 0 aromatic rings. The summed E-state index contributed by atoms with van der Waals surface area (Å²) in [6.45, 7) is 3.77. The van der Waals surface area contributed by atoms with Crippen molar-refractivity contribution in [3.8, 4) is 0 Å². The Balaban J connectivity index is 2.23. The summed E-state index contributed by atoms with van der Waals surface area (Å²) in [5.74, 6) is -0.0490. The Kier molecular flexibility index (Phi) is 6.32. The molecule has 1 aliphatic carbocycles. The van der Waals surface area contributed by atoms with Crippen LogP contribution in [0.1, 0.15) is 71.6 Å². The minimum Gasteiger partial charge on any atom is -0.481 e. The lowest BCUT2D eigenvalue weighted by Crippen LogP contribution is -2.43. The number of hydrogen-bond acceptors (Lipinski definition) is 2. The van der Waals surface area contributed by atoms with E-state index in [0.29, 0.717) is 18.8 Å². The molecule has 2 N–H and O–H groups in total. The van der Waals surface area contributed by atoms with Gasteiger partial charge in [-0.3, -0.25) is 9.59 Å². The van der Waals surface area contributed by atoms with E-state index in [-0.39, 0.29) is 12.3 Å². The molecule has 0 atom stereocenters. The quantitative estimate of drug-likeness (QED) is 0.746. The third-order valence-corrected chi connectivity index (χ3v) is 3.95. The minimum absolute atomic E-state index is 0.0564. The van der Waals surface area contributed by atoms with Crippen molar-refractivity contribution < 1.29 is 14.7 Å². The Morgan fingerprint density at radius 2 is 1.79 bits per heavy atom. The average molecular weight is 269 g/mol. The number of carboxylic acids is 1. The van der Waals surface area contributed by atoms with Gasteiger partial charge in [-0.2, -0.15) is 0 Å². The molecule has 4 heteroatoms. The second-order valence-electron chi connectivity index (χ2n) is 6.37. The standard InChI is InChI=1S/C15H27NO3/c1-15(2,11-10-14(18)19)16-13(17)9-8-12-6-4-3-5-7-12/h12H,3-11H2,1-2H3,(H,16,17)(H,18,19). The first-order chi connectivity index (χ1) is 8.89. The number of carbonyl (C=O) groups excluding carboxylic acids is 1. The van der Waals surface area contributed by atoms with Crippen molar-refractivity contribution in [3.63, 3.8) is 0 Å². The third-order valence-electron chi connectivity index (χ3n) is 3.95. The molecule has 0 heterocycles. The smallest absolute Gasteiger partial charge is 0.303 e. The van der Waals surface area contributed by atoms with Crippen molar-refractivity contribution in [3.05, 3.63) is 0 Å². The van der Waals surface area contributed by atoms with Gasteiger partial charge in [0.15, 0.2) is 0 Å². The molecule has 0 radical (unpaired) electrons. The van der Waals surface area contributed by atoms with Crippen molar-refractivity contribution in [2.45, 2.75) is 77.2 Å². The molecule has 0 aromatic carbocycles. The fourth-order valence-corrected chi connectivity index (χ4v) is 2.73. The molecular weight excluding hydrogens is 242 g/mol. The fourth-order valence-electron chi connectivity index (χ4n) is 2.73. The van der Waals surface area contributed by atoms with Crippen molar-refractivity contribution in [1.29, 1.82) is 0 Å². The van der Waals surface area contributed by atoms with E-state index >= 15 is 0 Å². The Bertz CT molecular complexity index is 307. The lowest BCUT2D eigenvalue weighted by molar-refractivity contribution is -0.137. The first-order valence-electron chi connectivity index (χ1n) is 7.42. The van der Waals surface area contributed by atoms with Crippen LogP contribution in [0.5, 0.6) is 0 Å². The molecule has 110 valence electrons. The van der Waals surface area contributed by atoms with Crippen LogP contribution >= 0.6 is 0 Å². The van der Waals surface area contributed by atoms with Crippen LogP contribution in [0.15, 0.2) is 0 Å². The van der Waals surface area contributed by atoms with Gasteiger partial charge in [-0.25, -0.2) is 0 Å². The molecule has 1 fully saturated rings. The molecule has 1 amide bonds. The SMILES string of the molecule is CC(C)(CCC(=O)O)NC(=O)CCC1CCCCC1. The zero-order valence-corrected chi connectivity index (χ0v) is 12.2. The summed E-state index contributed by atoms with van der Waals surface area (Å²) in [6, 6.07) is 0. The molecule has 0 unspecified atom stereocenters. The largest absolute Gasteiger partial charge is 0.481 e. The summed E-state index contributed by atoms with van der Waals surface area (Å²) in [5, 5.41) is 11.6. The molecule has 0 aromatic heterocycles. The van der Waals surface area contributed by atoms with Crippen molar-refractivity contribution in [2.75, 3.05) is 0 Å².